The minimum absolute atomic E-state index is 0.197. The van der Waals surface area contributed by atoms with E-state index >= 15 is 0 Å². The fourth-order valence-electron chi connectivity index (χ4n) is 3.51. The van der Waals surface area contributed by atoms with Gasteiger partial charge in [-0.05, 0) is 67.6 Å². The maximum absolute atomic E-state index is 12.7. The third kappa shape index (κ3) is 3.10. The first kappa shape index (κ1) is 17.4. The molecule has 0 amide bonds. The van der Waals surface area contributed by atoms with Gasteiger partial charge in [-0.3, -0.25) is 4.72 Å². The monoisotopic (exact) mass is 389 g/mol. The summed E-state index contributed by atoms with van der Waals surface area (Å²) in [5.74, 6) is 1.65. The molecule has 136 valence electrons. The van der Waals surface area contributed by atoms with E-state index in [1.807, 2.05) is 12.1 Å². The van der Waals surface area contributed by atoms with E-state index < -0.39 is 10.0 Å². The molecule has 0 fully saturated rings. The Hall–Kier alpha value is -1.98. The van der Waals surface area contributed by atoms with Gasteiger partial charge in [-0.15, -0.1) is 0 Å². The highest BCUT2D eigenvalue weighted by atomic mass is 35.5. The topological polar surface area (TPSA) is 59.3 Å². The smallest absolute Gasteiger partial charge is 0.261 e. The van der Waals surface area contributed by atoms with Crippen LogP contribution < -0.4 is 4.72 Å². The Morgan fingerprint density at radius 2 is 2.00 bits per heavy atom. The van der Waals surface area contributed by atoms with Crippen LogP contribution in [0.5, 0.6) is 0 Å². The van der Waals surface area contributed by atoms with Gasteiger partial charge >= 0.3 is 0 Å². The molecule has 4 rings (SSSR count). The standard InChI is InChI=1S/C20H20ClNO3S/c1-12-3-7-19-16(9-12)17-11-14(4-8-20(17)25-19)22-26(23,24)15-5-6-18(21)13(2)10-15/h4-6,8,10-12,22H,3,7,9H2,1-2H3/t12-/m0/s1. The molecule has 0 saturated carbocycles. The molecule has 4 nitrogen and oxygen atoms in total. The molecule has 0 radical (unpaired) electrons. The Morgan fingerprint density at radius 3 is 2.77 bits per heavy atom. The minimum Gasteiger partial charge on any atom is -0.461 e. The lowest BCUT2D eigenvalue weighted by molar-refractivity contribution is 0.438. The van der Waals surface area contributed by atoms with Gasteiger partial charge in [0.25, 0.3) is 10.0 Å². The molecule has 3 aromatic rings. The summed E-state index contributed by atoms with van der Waals surface area (Å²) in [6, 6.07) is 10.1. The van der Waals surface area contributed by atoms with Gasteiger partial charge in [0.1, 0.15) is 11.3 Å². The van der Waals surface area contributed by atoms with E-state index in [0.717, 1.165) is 41.6 Å². The second-order valence-corrected chi connectivity index (χ2v) is 9.17. The second kappa shape index (κ2) is 6.32. The van der Waals surface area contributed by atoms with Gasteiger partial charge in [0, 0.05) is 28.1 Å². The molecule has 26 heavy (non-hydrogen) atoms. The van der Waals surface area contributed by atoms with Gasteiger partial charge in [0.15, 0.2) is 0 Å². The van der Waals surface area contributed by atoms with Crippen LogP contribution in [0.2, 0.25) is 5.02 Å². The number of hydrogen-bond donors (Lipinski definition) is 1. The predicted molar refractivity (Wildman–Crippen MR) is 104 cm³/mol. The van der Waals surface area contributed by atoms with Crippen molar-refractivity contribution in [3.05, 3.63) is 58.3 Å². The summed E-state index contributed by atoms with van der Waals surface area (Å²) >= 11 is 6.00. The zero-order valence-electron chi connectivity index (χ0n) is 14.7. The number of fused-ring (bicyclic) bond motifs is 3. The fourth-order valence-corrected chi connectivity index (χ4v) is 4.77. The van der Waals surface area contributed by atoms with Crippen LogP contribution in [0, 0.1) is 12.8 Å². The molecular weight excluding hydrogens is 370 g/mol. The zero-order chi connectivity index (χ0) is 18.5. The first-order valence-corrected chi connectivity index (χ1v) is 10.5. The summed E-state index contributed by atoms with van der Waals surface area (Å²) in [5.41, 5.74) is 3.28. The van der Waals surface area contributed by atoms with Crippen LogP contribution in [0.25, 0.3) is 11.0 Å². The summed E-state index contributed by atoms with van der Waals surface area (Å²) in [7, 11) is -3.68. The average Bonchev–Trinajstić information content (AvgIpc) is 2.94. The van der Waals surface area contributed by atoms with Crippen LogP contribution in [-0.4, -0.2) is 8.42 Å². The third-order valence-corrected chi connectivity index (χ3v) is 6.79. The van der Waals surface area contributed by atoms with Crippen LogP contribution >= 0.6 is 11.6 Å². The van der Waals surface area contributed by atoms with Crippen LogP contribution in [0.3, 0.4) is 0 Å². The molecule has 6 heteroatoms. The van der Waals surface area contributed by atoms with Crippen molar-refractivity contribution in [2.24, 2.45) is 5.92 Å². The number of halogens is 1. The molecular formula is C20H20ClNO3S. The lowest BCUT2D eigenvalue weighted by Gasteiger charge is -2.16. The second-order valence-electron chi connectivity index (χ2n) is 7.08. The van der Waals surface area contributed by atoms with Crippen molar-refractivity contribution in [2.75, 3.05) is 4.72 Å². The normalized spacial score (nSPS) is 17.3. The summed E-state index contributed by atoms with van der Waals surface area (Å²) in [4.78, 5) is 0.197. The van der Waals surface area contributed by atoms with Crippen LogP contribution in [0.1, 0.15) is 30.2 Å². The van der Waals surface area contributed by atoms with E-state index in [-0.39, 0.29) is 4.90 Å². The Bertz CT molecular complexity index is 1100. The highest BCUT2D eigenvalue weighted by Gasteiger charge is 2.22. The third-order valence-electron chi connectivity index (χ3n) is 4.98. The largest absolute Gasteiger partial charge is 0.461 e. The highest BCUT2D eigenvalue weighted by Crippen LogP contribution is 2.35. The van der Waals surface area contributed by atoms with E-state index in [9.17, 15) is 8.42 Å². The molecule has 1 heterocycles. The van der Waals surface area contributed by atoms with Crippen molar-refractivity contribution in [3.8, 4) is 0 Å². The molecule has 0 saturated heterocycles. The molecule has 1 N–H and O–H groups in total. The van der Waals surface area contributed by atoms with Crippen molar-refractivity contribution >= 4 is 38.3 Å². The van der Waals surface area contributed by atoms with E-state index in [1.54, 1.807) is 25.1 Å². The summed E-state index contributed by atoms with van der Waals surface area (Å²) in [5, 5.41) is 1.54. The Balaban J connectivity index is 1.70. The van der Waals surface area contributed by atoms with Gasteiger partial charge in [-0.2, -0.15) is 0 Å². The van der Waals surface area contributed by atoms with E-state index in [2.05, 4.69) is 11.6 Å². The van der Waals surface area contributed by atoms with Gasteiger partial charge in [-0.1, -0.05) is 18.5 Å². The SMILES string of the molecule is Cc1cc(S(=O)(=O)Nc2ccc3oc4c(c3c2)C[C@@H](C)CC4)ccc1Cl. The van der Waals surface area contributed by atoms with Crippen LogP contribution in [0.15, 0.2) is 45.7 Å². The molecule has 0 unspecified atom stereocenters. The Morgan fingerprint density at radius 1 is 1.19 bits per heavy atom. The number of aryl methyl sites for hydroxylation is 2. The van der Waals surface area contributed by atoms with E-state index in [1.165, 1.54) is 11.6 Å². The van der Waals surface area contributed by atoms with Gasteiger partial charge < -0.3 is 4.42 Å². The number of anilines is 1. The molecule has 1 aliphatic rings. The Kier molecular flexibility index (Phi) is 4.24. The van der Waals surface area contributed by atoms with E-state index in [0.29, 0.717) is 16.6 Å². The molecule has 0 aliphatic heterocycles. The van der Waals surface area contributed by atoms with Gasteiger partial charge in [0.2, 0.25) is 0 Å². The quantitative estimate of drug-likeness (QED) is 0.659. The Labute approximate surface area is 158 Å². The van der Waals surface area contributed by atoms with Crippen molar-refractivity contribution in [2.45, 2.75) is 38.0 Å². The van der Waals surface area contributed by atoms with Crippen molar-refractivity contribution in [1.82, 2.24) is 0 Å². The number of nitrogens with one attached hydrogen (secondary N) is 1. The lowest BCUT2D eigenvalue weighted by atomic mass is 9.88. The number of rotatable bonds is 3. The lowest BCUT2D eigenvalue weighted by Crippen LogP contribution is -2.13. The summed E-state index contributed by atoms with van der Waals surface area (Å²) < 4.78 is 34.0. The van der Waals surface area contributed by atoms with Crippen molar-refractivity contribution in [3.63, 3.8) is 0 Å². The van der Waals surface area contributed by atoms with Crippen molar-refractivity contribution < 1.29 is 12.8 Å². The van der Waals surface area contributed by atoms with Gasteiger partial charge in [-0.25, -0.2) is 8.42 Å². The molecule has 1 aromatic heterocycles. The number of sulfonamides is 1. The molecule has 0 bridgehead atoms. The van der Waals surface area contributed by atoms with Crippen LogP contribution in [-0.2, 0) is 22.9 Å². The first-order valence-electron chi connectivity index (χ1n) is 8.67. The van der Waals surface area contributed by atoms with E-state index in [4.69, 9.17) is 16.0 Å². The number of benzene rings is 2. The average molecular weight is 390 g/mol. The minimum atomic E-state index is -3.68. The van der Waals surface area contributed by atoms with Gasteiger partial charge in [0.05, 0.1) is 4.90 Å². The summed E-state index contributed by atoms with van der Waals surface area (Å²) in [6.45, 7) is 4.02. The molecule has 1 atom stereocenters. The maximum Gasteiger partial charge on any atom is 0.261 e. The molecule has 0 spiro atoms. The summed E-state index contributed by atoms with van der Waals surface area (Å²) in [6.07, 6.45) is 3.04. The zero-order valence-corrected chi connectivity index (χ0v) is 16.2. The highest BCUT2D eigenvalue weighted by molar-refractivity contribution is 7.92. The maximum atomic E-state index is 12.7. The van der Waals surface area contributed by atoms with Crippen molar-refractivity contribution in [1.29, 1.82) is 0 Å². The number of furan rings is 1. The van der Waals surface area contributed by atoms with Crippen LogP contribution in [0.4, 0.5) is 5.69 Å². The fraction of sp³-hybridized carbons (Fsp3) is 0.300. The molecule has 1 aliphatic carbocycles. The predicted octanol–water partition coefficient (Wildman–Crippen LogP) is 5.32. The molecule has 2 aromatic carbocycles. The number of hydrogen-bond acceptors (Lipinski definition) is 3. The first-order chi connectivity index (χ1) is 12.3.